The van der Waals surface area contributed by atoms with Crippen molar-refractivity contribution in [2.24, 2.45) is 0 Å². The molecule has 0 aromatic heterocycles. The van der Waals surface area contributed by atoms with Crippen molar-refractivity contribution >= 4 is 12.2 Å². The molecule has 0 spiro atoms. The van der Waals surface area contributed by atoms with Crippen LogP contribution in [0.25, 0.3) is 12.2 Å². The number of aryl methyl sites for hydroxylation is 4. The van der Waals surface area contributed by atoms with Crippen molar-refractivity contribution in [2.45, 2.75) is 41.5 Å². The standard InChI is InChI=1S/C12H16.C10H12/c1-5-6-12-8-10(3)9(2)7-11(12)4;1-3-4-10-7-5-9(2)6-8-10/h5-8H,1-4H3;3-8H,1-2H3. The van der Waals surface area contributed by atoms with Crippen molar-refractivity contribution in [3.63, 3.8) is 0 Å². The van der Waals surface area contributed by atoms with E-state index in [1.165, 1.54) is 33.4 Å². The van der Waals surface area contributed by atoms with Gasteiger partial charge in [0.15, 0.2) is 0 Å². The molecule has 0 heterocycles. The van der Waals surface area contributed by atoms with Crippen LogP contribution >= 0.6 is 0 Å². The quantitative estimate of drug-likeness (QED) is 0.579. The van der Waals surface area contributed by atoms with Crippen LogP contribution < -0.4 is 0 Å². The first kappa shape index (κ1) is 18.0. The Hall–Kier alpha value is -2.08. The summed E-state index contributed by atoms with van der Waals surface area (Å²) in [6, 6.07) is 13.0. The highest BCUT2D eigenvalue weighted by Crippen LogP contribution is 2.16. The Morgan fingerprint density at radius 2 is 1.18 bits per heavy atom. The van der Waals surface area contributed by atoms with Crippen LogP contribution in [0.4, 0.5) is 0 Å². The molecule has 0 aliphatic rings. The summed E-state index contributed by atoms with van der Waals surface area (Å²) < 4.78 is 0. The van der Waals surface area contributed by atoms with Gasteiger partial charge in [0.25, 0.3) is 0 Å². The van der Waals surface area contributed by atoms with Crippen LogP contribution in [-0.4, -0.2) is 0 Å². The fraction of sp³-hybridized carbons (Fsp3) is 0.273. The summed E-state index contributed by atoms with van der Waals surface area (Å²) in [6.45, 7) is 12.6. The van der Waals surface area contributed by atoms with Crippen molar-refractivity contribution in [3.05, 3.63) is 81.9 Å². The molecule has 0 N–H and O–H groups in total. The average Bonchev–Trinajstić information content (AvgIpc) is 2.48. The van der Waals surface area contributed by atoms with E-state index in [1.807, 2.05) is 13.0 Å². The van der Waals surface area contributed by atoms with E-state index in [9.17, 15) is 0 Å². The van der Waals surface area contributed by atoms with Crippen molar-refractivity contribution in [1.29, 1.82) is 0 Å². The molecule has 0 bridgehead atoms. The van der Waals surface area contributed by atoms with Gasteiger partial charge < -0.3 is 0 Å². The van der Waals surface area contributed by atoms with E-state index >= 15 is 0 Å². The van der Waals surface area contributed by atoms with Crippen LogP contribution in [0.15, 0.2) is 48.6 Å². The molecule has 0 fully saturated rings. The average molecular weight is 292 g/mol. The molecule has 22 heavy (non-hydrogen) atoms. The van der Waals surface area contributed by atoms with Gasteiger partial charge in [0.05, 0.1) is 0 Å². The molecular formula is C22H28. The molecule has 0 aliphatic carbocycles. The van der Waals surface area contributed by atoms with Crippen molar-refractivity contribution < 1.29 is 0 Å². The molecule has 116 valence electrons. The van der Waals surface area contributed by atoms with Crippen LogP contribution in [0.2, 0.25) is 0 Å². The van der Waals surface area contributed by atoms with Gasteiger partial charge in [-0.2, -0.15) is 0 Å². The molecule has 0 radical (unpaired) electrons. The zero-order valence-corrected chi connectivity index (χ0v) is 14.8. The zero-order valence-electron chi connectivity index (χ0n) is 14.8. The third-order valence-corrected chi connectivity index (χ3v) is 3.67. The molecule has 0 saturated heterocycles. The van der Waals surface area contributed by atoms with Crippen LogP contribution in [-0.2, 0) is 0 Å². The summed E-state index contributed by atoms with van der Waals surface area (Å²) in [4.78, 5) is 0. The molecular weight excluding hydrogens is 264 g/mol. The number of allylic oxidation sites excluding steroid dienone is 2. The lowest BCUT2D eigenvalue weighted by Crippen LogP contribution is -1.86. The lowest BCUT2D eigenvalue weighted by molar-refractivity contribution is 1.29. The SMILES string of the molecule is CC=Cc1cc(C)c(C)cc1C.CC=Cc1ccc(C)cc1. The fourth-order valence-corrected chi connectivity index (χ4v) is 2.21. The minimum Gasteiger partial charge on any atom is -0.0871 e. The second-order valence-corrected chi connectivity index (χ2v) is 5.70. The fourth-order valence-electron chi connectivity index (χ4n) is 2.21. The van der Waals surface area contributed by atoms with Crippen molar-refractivity contribution in [3.8, 4) is 0 Å². The van der Waals surface area contributed by atoms with Gasteiger partial charge in [-0.05, 0) is 69.4 Å². The lowest BCUT2D eigenvalue weighted by atomic mass is 10.0. The molecule has 0 amide bonds. The first-order valence-electron chi connectivity index (χ1n) is 7.87. The van der Waals surface area contributed by atoms with E-state index in [1.54, 1.807) is 0 Å². The highest BCUT2D eigenvalue weighted by Gasteiger charge is 1.97. The highest BCUT2D eigenvalue weighted by molar-refractivity contribution is 5.55. The normalized spacial score (nSPS) is 10.8. The van der Waals surface area contributed by atoms with Gasteiger partial charge in [-0.25, -0.2) is 0 Å². The van der Waals surface area contributed by atoms with E-state index in [-0.39, 0.29) is 0 Å². The minimum absolute atomic E-state index is 1.27. The first-order chi connectivity index (χ1) is 10.5. The predicted octanol–water partition coefficient (Wildman–Crippen LogP) is 6.67. The summed E-state index contributed by atoms with van der Waals surface area (Å²) >= 11 is 0. The van der Waals surface area contributed by atoms with Crippen molar-refractivity contribution in [1.82, 2.24) is 0 Å². The van der Waals surface area contributed by atoms with Gasteiger partial charge in [-0.3, -0.25) is 0 Å². The van der Waals surface area contributed by atoms with Crippen LogP contribution in [0.1, 0.15) is 47.2 Å². The monoisotopic (exact) mass is 292 g/mol. The Morgan fingerprint density at radius 1 is 0.636 bits per heavy atom. The topological polar surface area (TPSA) is 0 Å². The van der Waals surface area contributed by atoms with Gasteiger partial charge in [-0.15, -0.1) is 0 Å². The van der Waals surface area contributed by atoms with Crippen LogP contribution in [0, 0.1) is 27.7 Å². The van der Waals surface area contributed by atoms with E-state index in [4.69, 9.17) is 0 Å². The summed E-state index contributed by atoms with van der Waals surface area (Å²) in [7, 11) is 0. The number of hydrogen-bond donors (Lipinski definition) is 0. The van der Waals surface area contributed by atoms with E-state index < -0.39 is 0 Å². The molecule has 2 aromatic carbocycles. The third kappa shape index (κ3) is 5.73. The lowest BCUT2D eigenvalue weighted by Gasteiger charge is -2.05. The highest BCUT2D eigenvalue weighted by atomic mass is 14.0. The Morgan fingerprint density at radius 3 is 1.73 bits per heavy atom. The number of benzene rings is 2. The molecule has 0 heteroatoms. The summed E-state index contributed by atoms with van der Waals surface area (Å²) in [6.07, 6.45) is 8.38. The van der Waals surface area contributed by atoms with Gasteiger partial charge >= 0.3 is 0 Å². The van der Waals surface area contributed by atoms with Gasteiger partial charge in [0, 0.05) is 0 Å². The predicted molar refractivity (Wildman–Crippen MR) is 101 cm³/mol. The summed E-state index contributed by atoms with van der Waals surface area (Å²) in [5.41, 5.74) is 8.02. The molecule has 0 atom stereocenters. The Bertz CT molecular complexity index is 640. The Balaban J connectivity index is 0.000000224. The second-order valence-electron chi connectivity index (χ2n) is 5.70. The maximum absolute atomic E-state index is 2.24. The Labute approximate surface area is 136 Å². The molecule has 0 saturated carbocycles. The summed E-state index contributed by atoms with van der Waals surface area (Å²) in [5, 5.41) is 0. The number of hydrogen-bond acceptors (Lipinski definition) is 0. The Kier molecular flexibility index (Phi) is 7.39. The maximum atomic E-state index is 2.24. The van der Waals surface area contributed by atoms with E-state index in [0.717, 1.165) is 0 Å². The zero-order chi connectivity index (χ0) is 16.5. The second kappa shape index (κ2) is 9.04. The molecule has 0 aliphatic heterocycles. The molecule has 2 rings (SSSR count). The smallest absolute Gasteiger partial charge is 0.0228 e. The number of rotatable bonds is 2. The maximum Gasteiger partial charge on any atom is -0.0228 e. The van der Waals surface area contributed by atoms with E-state index in [2.05, 4.69) is 89.2 Å². The third-order valence-electron chi connectivity index (χ3n) is 3.67. The van der Waals surface area contributed by atoms with E-state index in [0.29, 0.717) is 0 Å². The van der Waals surface area contributed by atoms with Gasteiger partial charge in [0.2, 0.25) is 0 Å². The van der Waals surface area contributed by atoms with Gasteiger partial charge in [0.1, 0.15) is 0 Å². The molecule has 0 unspecified atom stereocenters. The minimum atomic E-state index is 1.27. The van der Waals surface area contributed by atoms with Crippen molar-refractivity contribution in [2.75, 3.05) is 0 Å². The largest absolute Gasteiger partial charge is 0.0871 e. The van der Waals surface area contributed by atoms with Crippen LogP contribution in [0.5, 0.6) is 0 Å². The van der Waals surface area contributed by atoms with Crippen LogP contribution in [0.3, 0.4) is 0 Å². The van der Waals surface area contributed by atoms with Gasteiger partial charge in [-0.1, -0.05) is 66.3 Å². The first-order valence-corrected chi connectivity index (χ1v) is 7.87. The molecule has 0 nitrogen and oxygen atoms in total. The summed E-state index contributed by atoms with van der Waals surface area (Å²) in [5.74, 6) is 0. The molecule has 2 aromatic rings.